The molecule has 3 N–H and O–H groups in total. The highest BCUT2D eigenvalue weighted by atomic mass is 79.9. The fourth-order valence-electron chi connectivity index (χ4n) is 1.75. The van der Waals surface area contributed by atoms with Gasteiger partial charge < -0.3 is 10.6 Å². The molecule has 0 radical (unpaired) electrons. The number of benzene rings is 1. The molecule has 1 aliphatic rings. The smallest absolute Gasteiger partial charge is 0.246 e. The summed E-state index contributed by atoms with van der Waals surface area (Å²) in [5.41, 5.74) is 7.36. The zero-order valence-corrected chi connectivity index (χ0v) is 10.7. The quantitative estimate of drug-likeness (QED) is 0.774. The first-order chi connectivity index (χ1) is 8.08. The number of imide groups is 1. The van der Waals surface area contributed by atoms with Crippen LogP contribution in [0.2, 0.25) is 0 Å². The van der Waals surface area contributed by atoms with Gasteiger partial charge in [0, 0.05) is 16.7 Å². The molecular formula is C11H12BrN3O2. The molecule has 0 unspecified atom stereocenters. The van der Waals surface area contributed by atoms with Crippen LogP contribution in [-0.4, -0.2) is 24.9 Å². The van der Waals surface area contributed by atoms with Crippen molar-refractivity contribution in [2.45, 2.75) is 6.54 Å². The molecule has 0 spiro atoms. The van der Waals surface area contributed by atoms with Crippen LogP contribution in [-0.2, 0) is 16.1 Å². The van der Waals surface area contributed by atoms with Crippen molar-refractivity contribution in [2.75, 3.05) is 18.0 Å². The summed E-state index contributed by atoms with van der Waals surface area (Å²) in [4.78, 5) is 24.3. The molecule has 6 heteroatoms. The standard InChI is InChI=1S/C11H12BrN3O2/c12-8-1-7(4-13)2-9(3-8)15-5-10(16)14-11(17)6-15/h1-3H,4-6,13H2,(H,14,16,17). The normalized spacial score (nSPS) is 16.0. The Morgan fingerprint density at radius 3 is 2.47 bits per heavy atom. The molecule has 1 aromatic carbocycles. The number of nitrogens with two attached hydrogens (primary N) is 1. The molecule has 90 valence electrons. The lowest BCUT2D eigenvalue weighted by molar-refractivity contribution is -0.130. The second-order valence-electron chi connectivity index (χ2n) is 3.85. The molecule has 17 heavy (non-hydrogen) atoms. The summed E-state index contributed by atoms with van der Waals surface area (Å²) >= 11 is 3.38. The fraction of sp³-hybridized carbons (Fsp3) is 0.273. The number of piperazine rings is 1. The van der Waals surface area contributed by atoms with E-state index in [1.165, 1.54) is 0 Å². The number of nitrogens with one attached hydrogen (secondary N) is 1. The number of carbonyl (C=O) groups excluding carboxylic acids is 2. The van der Waals surface area contributed by atoms with Gasteiger partial charge in [-0.2, -0.15) is 0 Å². The van der Waals surface area contributed by atoms with E-state index in [9.17, 15) is 9.59 Å². The summed E-state index contributed by atoms with van der Waals surface area (Å²) < 4.78 is 0.883. The van der Waals surface area contributed by atoms with Gasteiger partial charge in [0.2, 0.25) is 11.8 Å². The number of amides is 2. The summed E-state index contributed by atoms with van der Waals surface area (Å²) in [7, 11) is 0. The van der Waals surface area contributed by atoms with Crippen LogP contribution in [0.4, 0.5) is 5.69 Å². The lowest BCUT2D eigenvalue weighted by atomic mass is 10.1. The first kappa shape index (κ1) is 12.1. The van der Waals surface area contributed by atoms with E-state index >= 15 is 0 Å². The zero-order valence-electron chi connectivity index (χ0n) is 9.07. The van der Waals surface area contributed by atoms with Crippen molar-refractivity contribution in [1.29, 1.82) is 0 Å². The van der Waals surface area contributed by atoms with Crippen molar-refractivity contribution in [3.63, 3.8) is 0 Å². The molecule has 5 nitrogen and oxygen atoms in total. The monoisotopic (exact) mass is 297 g/mol. The zero-order chi connectivity index (χ0) is 12.4. The van der Waals surface area contributed by atoms with Crippen LogP contribution in [0.3, 0.4) is 0 Å². The van der Waals surface area contributed by atoms with E-state index in [-0.39, 0.29) is 24.9 Å². The molecule has 1 saturated heterocycles. The summed E-state index contributed by atoms with van der Waals surface area (Å²) in [6, 6.07) is 5.66. The summed E-state index contributed by atoms with van der Waals surface area (Å²) in [6.07, 6.45) is 0. The number of rotatable bonds is 2. The van der Waals surface area contributed by atoms with Crippen molar-refractivity contribution in [2.24, 2.45) is 5.73 Å². The van der Waals surface area contributed by atoms with Crippen molar-refractivity contribution in [3.8, 4) is 0 Å². The van der Waals surface area contributed by atoms with E-state index in [4.69, 9.17) is 5.73 Å². The number of nitrogens with zero attached hydrogens (tertiary/aromatic N) is 1. The third kappa shape index (κ3) is 2.83. The van der Waals surface area contributed by atoms with Gasteiger partial charge in [-0.15, -0.1) is 0 Å². The van der Waals surface area contributed by atoms with Crippen LogP contribution in [0.5, 0.6) is 0 Å². The lowest BCUT2D eigenvalue weighted by Crippen LogP contribution is -2.51. The van der Waals surface area contributed by atoms with Crippen molar-refractivity contribution >= 4 is 33.4 Å². The molecule has 0 aromatic heterocycles. The molecule has 0 aliphatic carbocycles. The Balaban J connectivity index is 2.29. The average molecular weight is 298 g/mol. The molecule has 1 heterocycles. The molecule has 1 fully saturated rings. The van der Waals surface area contributed by atoms with Gasteiger partial charge in [-0.1, -0.05) is 15.9 Å². The molecular weight excluding hydrogens is 286 g/mol. The summed E-state index contributed by atoms with van der Waals surface area (Å²) in [6.45, 7) is 0.791. The predicted octanol–water partition coefficient (Wildman–Crippen LogP) is 0.371. The molecule has 2 amide bonds. The van der Waals surface area contributed by atoms with Gasteiger partial charge in [0.1, 0.15) is 0 Å². The topological polar surface area (TPSA) is 75.4 Å². The third-order valence-corrected chi connectivity index (χ3v) is 2.95. The number of hydrogen-bond acceptors (Lipinski definition) is 4. The molecule has 0 bridgehead atoms. The van der Waals surface area contributed by atoms with Crippen LogP contribution in [0.15, 0.2) is 22.7 Å². The number of halogens is 1. The van der Waals surface area contributed by atoms with Gasteiger partial charge in [0.15, 0.2) is 0 Å². The summed E-state index contributed by atoms with van der Waals surface area (Å²) in [5.74, 6) is -0.564. The first-order valence-electron chi connectivity index (χ1n) is 5.15. The maximum absolute atomic E-state index is 11.3. The maximum Gasteiger partial charge on any atom is 0.246 e. The Bertz CT molecular complexity index is 460. The van der Waals surface area contributed by atoms with Gasteiger partial charge in [0.25, 0.3) is 0 Å². The SMILES string of the molecule is NCc1cc(Br)cc(N2CC(=O)NC(=O)C2)c1. The van der Waals surface area contributed by atoms with E-state index in [1.54, 1.807) is 4.90 Å². The minimum Gasteiger partial charge on any atom is -0.353 e. The Hall–Kier alpha value is -1.40. The van der Waals surface area contributed by atoms with Crippen LogP contribution in [0.1, 0.15) is 5.56 Å². The number of hydrogen-bond donors (Lipinski definition) is 2. The van der Waals surface area contributed by atoms with E-state index in [1.807, 2.05) is 18.2 Å². The Morgan fingerprint density at radius 2 is 1.88 bits per heavy atom. The van der Waals surface area contributed by atoms with Crippen LogP contribution in [0.25, 0.3) is 0 Å². The number of carbonyl (C=O) groups is 2. The Morgan fingerprint density at radius 1 is 1.24 bits per heavy atom. The van der Waals surface area contributed by atoms with Gasteiger partial charge in [-0.05, 0) is 23.8 Å². The maximum atomic E-state index is 11.3. The number of anilines is 1. The van der Waals surface area contributed by atoms with E-state index < -0.39 is 0 Å². The second kappa shape index (κ2) is 4.85. The largest absolute Gasteiger partial charge is 0.353 e. The van der Waals surface area contributed by atoms with Crippen LogP contribution in [0, 0.1) is 0 Å². The average Bonchev–Trinajstić information content (AvgIpc) is 2.26. The highest BCUT2D eigenvalue weighted by Crippen LogP contribution is 2.23. The first-order valence-corrected chi connectivity index (χ1v) is 5.95. The van der Waals surface area contributed by atoms with Crippen molar-refractivity contribution in [1.82, 2.24) is 5.32 Å². The lowest BCUT2D eigenvalue weighted by Gasteiger charge is -2.27. The second-order valence-corrected chi connectivity index (χ2v) is 4.76. The van der Waals surface area contributed by atoms with Gasteiger partial charge >= 0.3 is 0 Å². The van der Waals surface area contributed by atoms with E-state index in [0.717, 1.165) is 15.7 Å². The van der Waals surface area contributed by atoms with Crippen LogP contribution < -0.4 is 16.0 Å². The van der Waals surface area contributed by atoms with Crippen molar-refractivity contribution < 1.29 is 9.59 Å². The molecule has 1 aliphatic heterocycles. The summed E-state index contributed by atoms with van der Waals surface area (Å²) in [5, 5.41) is 2.27. The molecule has 0 atom stereocenters. The van der Waals surface area contributed by atoms with Gasteiger partial charge in [0.05, 0.1) is 13.1 Å². The van der Waals surface area contributed by atoms with Gasteiger partial charge in [-0.25, -0.2) is 0 Å². The minimum absolute atomic E-state index is 0.187. The molecule has 0 saturated carbocycles. The van der Waals surface area contributed by atoms with Crippen LogP contribution >= 0.6 is 15.9 Å². The Kier molecular flexibility index (Phi) is 3.44. The van der Waals surface area contributed by atoms with E-state index in [0.29, 0.717) is 6.54 Å². The Labute approximate surface area is 107 Å². The fourth-order valence-corrected chi connectivity index (χ4v) is 2.28. The van der Waals surface area contributed by atoms with Gasteiger partial charge in [-0.3, -0.25) is 14.9 Å². The highest BCUT2D eigenvalue weighted by Gasteiger charge is 2.22. The molecule has 2 rings (SSSR count). The predicted molar refractivity (Wildman–Crippen MR) is 67.4 cm³/mol. The third-order valence-electron chi connectivity index (χ3n) is 2.49. The van der Waals surface area contributed by atoms with E-state index in [2.05, 4.69) is 21.2 Å². The highest BCUT2D eigenvalue weighted by molar-refractivity contribution is 9.10. The van der Waals surface area contributed by atoms with Crippen molar-refractivity contribution in [3.05, 3.63) is 28.2 Å². The molecule has 1 aromatic rings. The minimum atomic E-state index is -0.282.